The molecule has 1 saturated carbocycles. The van der Waals surface area contributed by atoms with Crippen molar-refractivity contribution in [2.75, 3.05) is 13.2 Å². The Kier molecular flexibility index (Phi) is 4.91. The summed E-state index contributed by atoms with van der Waals surface area (Å²) < 4.78 is 37.6. The largest absolute Gasteiger partial charge is 0.406 e. The Morgan fingerprint density at radius 3 is 2.71 bits per heavy atom. The van der Waals surface area contributed by atoms with Gasteiger partial charge in [0.25, 0.3) is 5.91 Å². The third-order valence-corrected chi connectivity index (χ3v) is 3.85. The minimum Gasteiger partial charge on any atom is -0.395 e. The Balaban J connectivity index is 2.09. The van der Waals surface area contributed by atoms with Gasteiger partial charge in [-0.15, -0.1) is 11.3 Å². The van der Waals surface area contributed by atoms with E-state index in [1.54, 1.807) is 6.07 Å². The Morgan fingerprint density at radius 1 is 1.43 bits per heavy atom. The normalized spacial score (nSPS) is 14.5. The number of amides is 1. The summed E-state index contributed by atoms with van der Waals surface area (Å²) in [6, 6.07) is 2.81. The maximum absolute atomic E-state index is 12.5. The van der Waals surface area contributed by atoms with Gasteiger partial charge in [-0.25, -0.2) is 0 Å². The van der Waals surface area contributed by atoms with Gasteiger partial charge < -0.3 is 10.0 Å². The van der Waals surface area contributed by atoms with Crippen molar-refractivity contribution in [3.8, 4) is 11.8 Å². The number of hydrogen-bond acceptors (Lipinski definition) is 3. The van der Waals surface area contributed by atoms with Crippen LogP contribution < -0.4 is 0 Å². The van der Waals surface area contributed by atoms with Crippen LogP contribution in [0.15, 0.2) is 12.1 Å². The van der Waals surface area contributed by atoms with Crippen LogP contribution in [0.5, 0.6) is 0 Å². The van der Waals surface area contributed by atoms with Crippen molar-refractivity contribution in [3.05, 3.63) is 21.9 Å². The molecule has 7 heteroatoms. The number of carbonyl (C=O) groups excluding carboxylic acids is 1. The predicted octanol–water partition coefficient (Wildman–Crippen LogP) is 2.65. The summed E-state index contributed by atoms with van der Waals surface area (Å²) in [5.74, 6) is 4.89. The van der Waals surface area contributed by atoms with Crippen LogP contribution in [0, 0.1) is 11.8 Å². The zero-order chi connectivity index (χ0) is 15.5. The van der Waals surface area contributed by atoms with Crippen LogP contribution in [0.3, 0.4) is 0 Å². The third kappa shape index (κ3) is 4.76. The van der Waals surface area contributed by atoms with Crippen molar-refractivity contribution in [3.63, 3.8) is 0 Å². The number of halogens is 3. The number of aliphatic hydroxyl groups is 1. The first-order valence-corrected chi connectivity index (χ1v) is 7.29. The molecular formula is C14H14F3NO2S. The van der Waals surface area contributed by atoms with E-state index in [0.29, 0.717) is 24.1 Å². The minimum atomic E-state index is -4.39. The zero-order valence-corrected chi connectivity index (χ0v) is 11.9. The Morgan fingerprint density at radius 2 is 2.14 bits per heavy atom. The molecule has 0 aliphatic heterocycles. The molecule has 21 heavy (non-hydrogen) atoms. The van der Waals surface area contributed by atoms with Crippen molar-refractivity contribution in [2.24, 2.45) is 0 Å². The van der Waals surface area contributed by atoms with Gasteiger partial charge in [0.1, 0.15) is 6.54 Å². The summed E-state index contributed by atoms with van der Waals surface area (Å²) >= 11 is 1.08. The lowest BCUT2D eigenvalue weighted by Crippen LogP contribution is -2.40. The highest BCUT2D eigenvalue weighted by Crippen LogP contribution is 2.32. The van der Waals surface area contributed by atoms with Gasteiger partial charge in [0.05, 0.1) is 16.4 Å². The molecule has 1 fully saturated rings. The first-order valence-electron chi connectivity index (χ1n) is 6.48. The average molecular weight is 317 g/mol. The molecule has 3 nitrogen and oxygen atoms in total. The summed E-state index contributed by atoms with van der Waals surface area (Å²) in [4.78, 5) is 14.0. The fourth-order valence-corrected chi connectivity index (χ4v) is 2.65. The second kappa shape index (κ2) is 6.50. The molecule has 1 aromatic heterocycles. The molecule has 0 spiro atoms. The summed E-state index contributed by atoms with van der Waals surface area (Å²) in [5.41, 5.74) is 0. The van der Waals surface area contributed by atoms with Crippen LogP contribution in [-0.4, -0.2) is 41.3 Å². The summed E-state index contributed by atoms with van der Waals surface area (Å²) in [6.07, 6.45) is -2.82. The van der Waals surface area contributed by atoms with E-state index in [0.717, 1.165) is 16.2 Å². The van der Waals surface area contributed by atoms with Crippen molar-refractivity contribution >= 4 is 17.2 Å². The second-order valence-corrected chi connectivity index (χ2v) is 5.80. The van der Waals surface area contributed by atoms with Crippen LogP contribution in [0.4, 0.5) is 13.2 Å². The van der Waals surface area contributed by atoms with Crippen molar-refractivity contribution in [1.82, 2.24) is 4.90 Å². The van der Waals surface area contributed by atoms with Crippen LogP contribution in [0.2, 0.25) is 0 Å². The van der Waals surface area contributed by atoms with Crippen molar-refractivity contribution in [1.29, 1.82) is 0 Å². The molecule has 1 aliphatic rings. The molecule has 1 N–H and O–H groups in total. The van der Waals surface area contributed by atoms with E-state index >= 15 is 0 Å². The minimum absolute atomic E-state index is 0.0504. The number of alkyl halides is 3. The second-order valence-electron chi connectivity index (χ2n) is 4.72. The number of nitrogens with zero attached hydrogens (tertiary/aromatic N) is 1. The van der Waals surface area contributed by atoms with E-state index in [-0.39, 0.29) is 17.5 Å². The maximum atomic E-state index is 12.5. The van der Waals surface area contributed by atoms with Crippen LogP contribution in [-0.2, 0) is 0 Å². The molecule has 1 heterocycles. The third-order valence-electron chi connectivity index (χ3n) is 2.86. The highest BCUT2D eigenvalue weighted by molar-refractivity contribution is 7.14. The average Bonchev–Trinajstić information content (AvgIpc) is 3.14. The van der Waals surface area contributed by atoms with E-state index in [1.165, 1.54) is 6.07 Å². The van der Waals surface area contributed by atoms with Gasteiger partial charge in [-0.3, -0.25) is 4.79 Å². The molecule has 0 unspecified atom stereocenters. The number of carbonyl (C=O) groups is 1. The van der Waals surface area contributed by atoms with E-state index in [9.17, 15) is 18.0 Å². The van der Waals surface area contributed by atoms with Gasteiger partial charge in [0, 0.05) is 12.5 Å². The lowest BCUT2D eigenvalue weighted by Gasteiger charge is -2.23. The summed E-state index contributed by atoms with van der Waals surface area (Å²) in [7, 11) is 0. The predicted molar refractivity (Wildman–Crippen MR) is 73.0 cm³/mol. The maximum Gasteiger partial charge on any atom is 0.406 e. The highest BCUT2D eigenvalue weighted by Gasteiger charge is 2.41. The van der Waals surface area contributed by atoms with Gasteiger partial charge in [-0.1, -0.05) is 11.8 Å². The van der Waals surface area contributed by atoms with Gasteiger partial charge in [0.15, 0.2) is 0 Å². The van der Waals surface area contributed by atoms with Crippen LogP contribution in [0.25, 0.3) is 0 Å². The lowest BCUT2D eigenvalue weighted by molar-refractivity contribution is -0.141. The molecule has 0 atom stereocenters. The standard InChI is InChI=1S/C14H14F3NO2S/c15-14(16,17)9-18(10-4-5-10)13(20)12-7-6-11(21-12)3-1-2-8-19/h6-7,10,19H,2,4-5,8-9H2. The first-order chi connectivity index (χ1) is 9.90. The molecule has 1 aliphatic carbocycles. The van der Waals surface area contributed by atoms with Gasteiger partial charge in [-0.05, 0) is 25.0 Å². The monoisotopic (exact) mass is 317 g/mol. The topological polar surface area (TPSA) is 40.5 Å². The van der Waals surface area contributed by atoms with Gasteiger partial charge in [0.2, 0.25) is 0 Å². The van der Waals surface area contributed by atoms with Gasteiger partial charge in [-0.2, -0.15) is 13.2 Å². The molecule has 0 radical (unpaired) electrons. The Hall–Kier alpha value is -1.52. The van der Waals surface area contributed by atoms with E-state index in [2.05, 4.69) is 11.8 Å². The van der Waals surface area contributed by atoms with Crippen LogP contribution in [0.1, 0.15) is 33.8 Å². The zero-order valence-electron chi connectivity index (χ0n) is 11.1. The first kappa shape index (κ1) is 15.9. The molecular weight excluding hydrogens is 303 g/mol. The number of thiophene rings is 1. The number of hydrogen-bond donors (Lipinski definition) is 1. The molecule has 2 rings (SSSR count). The molecule has 0 aromatic carbocycles. The quantitative estimate of drug-likeness (QED) is 0.867. The molecule has 1 amide bonds. The van der Waals surface area contributed by atoms with Crippen LogP contribution >= 0.6 is 11.3 Å². The highest BCUT2D eigenvalue weighted by atomic mass is 32.1. The molecule has 1 aromatic rings. The van der Waals surface area contributed by atoms with E-state index < -0.39 is 18.6 Å². The molecule has 0 bridgehead atoms. The molecule has 0 saturated heterocycles. The van der Waals surface area contributed by atoms with E-state index in [1.807, 2.05) is 0 Å². The van der Waals surface area contributed by atoms with Crippen molar-refractivity contribution < 1.29 is 23.1 Å². The summed E-state index contributed by atoms with van der Waals surface area (Å²) in [6.45, 7) is -1.26. The fourth-order valence-electron chi connectivity index (χ4n) is 1.81. The fraction of sp³-hybridized carbons (Fsp3) is 0.500. The SMILES string of the molecule is O=C(c1ccc(C#CCCO)s1)N(CC(F)(F)F)C1CC1. The lowest BCUT2D eigenvalue weighted by atomic mass is 10.3. The van der Waals surface area contributed by atoms with Gasteiger partial charge >= 0.3 is 6.18 Å². The van der Waals surface area contributed by atoms with Crippen molar-refractivity contribution in [2.45, 2.75) is 31.5 Å². The Labute approximate surface area is 124 Å². The number of aliphatic hydroxyl groups excluding tert-OH is 1. The number of rotatable bonds is 4. The molecule has 114 valence electrons. The Bertz CT molecular complexity index is 567. The summed E-state index contributed by atoms with van der Waals surface area (Å²) in [5, 5.41) is 8.62. The van der Waals surface area contributed by atoms with E-state index in [4.69, 9.17) is 5.11 Å². The smallest absolute Gasteiger partial charge is 0.395 e.